The zero-order valence-electron chi connectivity index (χ0n) is 9.22. The third-order valence-corrected chi connectivity index (χ3v) is 4.56. The summed E-state index contributed by atoms with van der Waals surface area (Å²) in [7, 11) is 0. The second kappa shape index (κ2) is 4.94. The first-order valence-corrected chi connectivity index (χ1v) is 7.15. The smallest absolute Gasteiger partial charge is 0.179 e. The van der Waals surface area contributed by atoms with E-state index < -0.39 is 0 Å². The van der Waals surface area contributed by atoms with Crippen LogP contribution in [0.2, 0.25) is 15.2 Å². The molecular formula is C12H5BrCl3N3. The molecule has 0 saturated heterocycles. The molecule has 0 aliphatic rings. The second-order valence-electron chi connectivity index (χ2n) is 3.82. The van der Waals surface area contributed by atoms with Gasteiger partial charge in [0, 0.05) is 10.0 Å². The summed E-state index contributed by atoms with van der Waals surface area (Å²) in [5, 5.41) is 1.19. The van der Waals surface area contributed by atoms with Crippen molar-refractivity contribution in [3.8, 4) is 11.4 Å². The fourth-order valence-electron chi connectivity index (χ4n) is 1.71. The number of halogens is 4. The fourth-order valence-corrected chi connectivity index (χ4v) is 2.58. The van der Waals surface area contributed by atoms with Gasteiger partial charge in [-0.3, -0.25) is 0 Å². The number of hydrogen-bond acceptors (Lipinski definition) is 2. The van der Waals surface area contributed by atoms with Crippen LogP contribution in [0.15, 0.2) is 28.7 Å². The number of fused-ring (bicyclic) bond motifs is 1. The zero-order valence-corrected chi connectivity index (χ0v) is 13.1. The lowest BCUT2D eigenvalue weighted by molar-refractivity contribution is 1.30. The Morgan fingerprint density at radius 3 is 2.68 bits per heavy atom. The lowest BCUT2D eigenvalue weighted by atomic mass is 10.2. The maximum absolute atomic E-state index is 6.24. The van der Waals surface area contributed by atoms with E-state index in [9.17, 15) is 0 Å². The van der Waals surface area contributed by atoms with Gasteiger partial charge in [0.05, 0.1) is 15.6 Å². The monoisotopic (exact) mass is 375 g/mol. The van der Waals surface area contributed by atoms with Crippen molar-refractivity contribution in [1.82, 2.24) is 15.0 Å². The topological polar surface area (TPSA) is 41.6 Å². The number of hydrogen-bond donors (Lipinski definition) is 1. The summed E-state index contributed by atoms with van der Waals surface area (Å²) in [6.07, 6.45) is 0. The molecule has 19 heavy (non-hydrogen) atoms. The number of aromatic nitrogens is 3. The van der Waals surface area contributed by atoms with Crippen molar-refractivity contribution in [3.63, 3.8) is 0 Å². The molecule has 0 radical (unpaired) electrons. The van der Waals surface area contributed by atoms with Gasteiger partial charge in [-0.15, -0.1) is 0 Å². The number of benzene rings is 1. The molecule has 2 aromatic heterocycles. The van der Waals surface area contributed by atoms with Crippen LogP contribution in [-0.4, -0.2) is 15.0 Å². The van der Waals surface area contributed by atoms with E-state index in [1.807, 2.05) is 18.2 Å². The Hall–Kier alpha value is -0.810. The highest BCUT2D eigenvalue weighted by atomic mass is 79.9. The largest absolute Gasteiger partial charge is 0.336 e. The minimum Gasteiger partial charge on any atom is -0.336 e. The molecule has 0 aliphatic carbocycles. The minimum atomic E-state index is 0.229. The van der Waals surface area contributed by atoms with E-state index in [-0.39, 0.29) is 5.15 Å². The average Bonchev–Trinajstić information content (AvgIpc) is 2.76. The number of rotatable bonds is 1. The summed E-state index contributed by atoms with van der Waals surface area (Å²) in [5.74, 6) is 0.618. The predicted octanol–water partition coefficient (Wildman–Crippen LogP) is 5.35. The van der Waals surface area contributed by atoms with Crippen LogP contribution in [0.1, 0.15) is 0 Å². The van der Waals surface area contributed by atoms with E-state index in [4.69, 9.17) is 34.8 Å². The van der Waals surface area contributed by atoms with Crippen LogP contribution in [0.3, 0.4) is 0 Å². The summed E-state index contributed by atoms with van der Waals surface area (Å²) >= 11 is 21.4. The molecule has 3 nitrogen and oxygen atoms in total. The molecule has 0 spiro atoms. The summed E-state index contributed by atoms with van der Waals surface area (Å²) in [4.78, 5) is 11.6. The second-order valence-corrected chi connectivity index (χ2v) is 5.82. The van der Waals surface area contributed by atoms with E-state index in [1.54, 1.807) is 6.07 Å². The Labute approximate surface area is 132 Å². The van der Waals surface area contributed by atoms with Crippen molar-refractivity contribution in [2.45, 2.75) is 0 Å². The third-order valence-electron chi connectivity index (χ3n) is 2.59. The zero-order chi connectivity index (χ0) is 13.6. The number of pyridine rings is 1. The Morgan fingerprint density at radius 1 is 1.11 bits per heavy atom. The fraction of sp³-hybridized carbons (Fsp3) is 0. The van der Waals surface area contributed by atoms with Crippen molar-refractivity contribution < 1.29 is 0 Å². The van der Waals surface area contributed by atoms with Crippen LogP contribution in [-0.2, 0) is 0 Å². The van der Waals surface area contributed by atoms with Crippen LogP contribution in [0.5, 0.6) is 0 Å². The molecule has 0 unspecified atom stereocenters. The molecule has 3 rings (SSSR count). The first kappa shape index (κ1) is 13.2. The number of aromatic amines is 1. The third kappa shape index (κ3) is 2.34. The van der Waals surface area contributed by atoms with Gasteiger partial charge in [0.1, 0.15) is 11.0 Å². The van der Waals surface area contributed by atoms with Gasteiger partial charge in [-0.2, -0.15) is 0 Å². The van der Waals surface area contributed by atoms with Crippen LogP contribution in [0.25, 0.3) is 22.6 Å². The SMILES string of the molecule is Clc1cc2[nH]c(-c3cccc(Br)c3Cl)nc2nc1Cl. The van der Waals surface area contributed by atoms with E-state index >= 15 is 0 Å². The Balaban J connectivity index is 2.23. The van der Waals surface area contributed by atoms with Gasteiger partial charge in [0.2, 0.25) is 0 Å². The molecule has 1 aromatic carbocycles. The van der Waals surface area contributed by atoms with Gasteiger partial charge in [-0.1, -0.05) is 40.9 Å². The molecular weight excluding hydrogens is 372 g/mol. The lowest BCUT2D eigenvalue weighted by Crippen LogP contribution is -1.82. The standard InChI is InChI=1S/C12H5BrCl3N3/c13-6-3-1-2-5(9(6)15)11-17-8-4-7(14)10(16)18-12(8)19-11/h1-4H,(H,17,18,19). The highest BCUT2D eigenvalue weighted by molar-refractivity contribution is 9.10. The van der Waals surface area contributed by atoms with Crippen LogP contribution < -0.4 is 0 Å². The summed E-state index contributed by atoms with van der Waals surface area (Å²) < 4.78 is 0.802. The number of nitrogens with one attached hydrogen (secondary N) is 1. The number of H-pyrrole nitrogens is 1. The van der Waals surface area contributed by atoms with Crippen molar-refractivity contribution in [2.75, 3.05) is 0 Å². The van der Waals surface area contributed by atoms with Gasteiger partial charge in [0.25, 0.3) is 0 Å². The molecule has 0 bridgehead atoms. The van der Waals surface area contributed by atoms with Gasteiger partial charge in [0.15, 0.2) is 5.65 Å². The van der Waals surface area contributed by atoms with E-state index in [0.717, 1.165) is 10.0 Å². The summed E-state index contributed by atoms with van der Waals surface area (Å²) in [5.41, 5.74) is 1.99. The molecule has 0 fully saturated rings. The highest BCUT2D eigenvalue weighted by Gasteiger charge is 2.13. The molecule has 0 atom stereocenters. The lowest BCUT2D eigenvalue weighted by Gasteiger charge is -2.01. The first-order valence-electron chi connectivity index (χ1n) is 5.22. The summed E-state index contributed by atoms with van der Waals surface area (Å²) in [6.45, 7) is 0. The highest BCUT2D eigenvalue weighted by Crippen LogP contribution is 2.33. The maximum Gasteiger partial charge on any atom is 0.179 e. The maximum atomic E-state index is 6.24. The van der Waals surface area contributed by atoms with Crippen molar-refractivity contribution in [3.05, 3.63) is 43.9 Å². The van der Waals surface area contributed by atoms with Crippen molar-refractivity contribution in [1.29, 1.82) is 0 Å². The van der Waals surface area contributed by atoms with Gasteiger partial charge >= 0.3 is 0 Å². The molecule has 0 saturated carbocycles. The Morgan fingerprint density at radius 2 is 1.89 bits per heavy atom. The van der Waals surface area contributed by atoms with Crippen LogP contribution in [0.4, 0.5) is 0 Å². The normalized spacial score (nSPS) is 11.2. The number of imidazole rings is 1. The van der Waals surface area contributed by atoms with E-state index in [0.29, 0.717) is 27.0 Å². The predicted molar refractivity (Wildman–Crippen MR) is 82.1 cm³/mol. The van der Waals surface area contributed by atoms with Gasteiger partial charge in [-0.05, 0) is 34.1 Å². The molecule has 2 heterocycles. The first-order chi connectivity index (χ1) is 9.06. The van der Waals surface area contributed by atoms with Gasteiger partial charge < -0.3 is 4.98 Å². The molecule has 7 heteroatoms. The van der Waals surface area contributed by atoms with Crippen LogP contribution >= 0.6 is 50.7 Å². The molecule has 0 aliphatic heterocycles. The van der Waals surface area contributed by atoms with E-state index in [1.165, 1.54) is 0 Å². The summed E-state index contributed by atoms with van der Waals surface area (Å²) in [6, 6.07) is 7.30. The van der Waals surface area contributed by atoms with Crippen molar-refractivity contribution in [2.24, 2.45) is 0 Å². The molecule has 3 aromatic rings. The molecule has 0 amide bonds. The Kier molecular flexibility index (Phi) is 3.43. The molecule has 1 N–H and O–H groups in total. The minimum absolute atomic E-state index is 0.229. The van der Waals surface area contributed by atoms with Crippen molar-refractivity contribution >= 4 is 61.9 Å². The average molecular weight is 377 g/mol. The van der Waals surface area contributed by atoms with Crippen LogP contribution in [0, 0.1) is 0 Å². The van der Waals surface area contributed by atoms with E-state index in [2.05, 4.69) is 30.9 Å². The Bertz CT molecular complexity index is 746. The quantitative estimate of drug-likeness (QED) is 0.581. The number of nitrogens with zero attached hydrogens (tertiary/aromatic N) is 2. The molecule has 96 valence electrons. The van der Waals surface area contributed by atoms with Gasteiger partial charge in [-0.25, -0.2) is 9.97 Å².